The molecule has 23 heavy (non-hydrogen) atoms. The molecule has 0 spiro atoms. The van der Waals surface area contributed by atoms with Crippen molar-refractivity contribution < 1.29 is 4.79 Å². The number of nitrogens with two attached hydrogens (primary N) is 1. The standard InChI is InChI=1S/C17H21N3O2.ClH/c18-17(8-4-1-5-9-17)11-19-16(22)13-10-15(21)20-14-7-3-2-6-12(13)14;/h2-3,6-7,10H,1,4-5,8-9,11,18H2,(H,19,22)(H,20,21);1H. The zero-order chi connectivity index (χ0) is 15.6. The van der Waals surface area contributed by atoms with Gasteiger partial charge in [0.05, 0.1) is 5.56 Å². The molecule has 2 aromatic rings. The first-order chi connectivity index (χ1) is 10.6. The number of halogens is 1. The van der Waals surface area contributed by atoms with Gasteiger partial charge >= 0.3 is 0 Å². The van der Waals surface area contributed by atoms with Crippen LogP contribution in [0.5, 0.6) is 0 Å². The van der Waals surface area contributed by atoms with E-state index in [0.717, 1.165) is 31.1 Å². The molecular weight excluding hydrogens is 314 g/mol. The lowest BCUT2D eigenvalue weighted by Gasteiger charge is -2.33. The van der Waals surface area contributed by atoms with Gasteiger partial charge in [0.15, 0.2) is 0 Å². The number of H-pyrrole nitrogens is 1. The van der Waals surface area contributed by atoms with E-state index in [2.05, 4.69) is 10.3 Å². The van der Waals surface area contributed by atoms with E-state index in [1.54, 1.807) is 6.07 Å². The van der Waals surface area contributed by atoms with Crippen LogP contribution in [-0.2, 0) is 0 Å². The predicted octanol–water partition coefficient (Wildman–Crippen LogP) is 2.34. The lowest BCUT2D eigenvalue weighted by molar-refractivity contribution is 0.0939. The summed E-state index contributed by atoms with van der Waals surface area (Å²) in [5.74, 6) is -0.238. The van der Waals surface area contributed by atoms with Crippen molar-refractivity contribution in [1.29, 1.82) is 0 Å². The van der Waals surface area contributed by atoms with E-state index in [1.807, 2.05) is 18.2 Å². The van der Waals surface area contributed by atoms with Gasteiger partial charge in [-0.25, -0.2) is 0 Å². The highest BCUT2D eigenvalue weighted by atomic mass is 35.5. The molecule has 1 aromatic carbocycles. The first-order valence-corrected chi connectivity index (χ1v) is 7.77. The summed E-state index contributed by atoms with van der Waals surface area (Å²) in [6.45, 7) is 0.451. The van der Waals surface area contributed by atoms with Crippen LogP contribution in [0.15, 0.2) is 35.1 Å². The average molecular weight is 336 g/mol. The zero-order valence-electron chi connectivity index (χ0n) is 12.9. The number of nitrogens with one attached hydrogen (secondary N) is 2. The Morgan fingerprint density at radius 1 is 1.22 bits per heavy atom. The molecule has 5 nitrogen and oxygen atoms in total. The maximum absolute atomic E-state index is 12.5. The van der Waals surface area contributed by atoms with Gasteiger partial charge in [0.25, 0.3) is 5.91 Å². The highest BCUT2D eigenvalue weighted by Gasteiger charge is 2.28. The van der Waals surface area contributed by atoms with Crippen LogP contribution in [-0.4, -0.2) is 23.0 Å². The van der Waals surface area contributed by atoms with Crippen LogP contribution in [0, 0.1) is 0 Å². The topological polar surface area (TPSA) is 88.0 Å². The van der Waals surface area contributed by atoms with E-state index in [-0.39, 0.29) is 29.4 Å². The van der Waals surface area contributed by atoms with Crippen LogP contribution in [0.2, 0.25) is 0 Å². The van der Waals surface area contributed by atoms with Crippen LogP contribution in [0.3, 0.4) is 0 Å². The summed E-state index contributed by atoms with van der Waals surface area (Å²) >= 11 is 0. The largest absolute Gasteiger partial charge is 0.350 e. The third-order valence-corrected chi connectivity index (χ3v) is 4.45. The van der Waals surface area contributed by atoms with Crippen molar-refractivity contribution in [2.24, 2.45) is 5.73 Å². The highest BCUT2D eigenvalue weighted by Crippen LogP contribution is 2.25. The van der Waals surface area contributed by atoms with Gasteiger partial charge in [-0.05, 0) is 18.9 Å². The summed E-state index contributed by atoms with van der Waals surface area (Å²) in [7, 11) is 0. The minimum Gasteiger partial charge on any atom is -0.350 e. The van der Waals surface area contributed by atoms with E-state index in [0.29, 0.717) is 17.6 Å². The zero-order valence-corrected chi connectivity index (χ0v) is 13.7. The second-order valence-corrected chi connectivity index (χ2v) is 6.20. The van der Waals surface area contributed by atoms with E-state index in [1.165, 1.54) is 12.5 Å². The van der Waals surface area contributed by atoms with Gasteiger partial charge < -0.3 is 16.0 Å². The van der Waals surface area contributed by atoms with E-state index >= 15 is 0 Å². The molecule has 1 amide bonds. The van der Waals surface area contributed by atoms with E-state index in [4.69, 9.17) is 5.73 Å². The summed E-state index contributed by atoms with van der Waals surface area (Å²) in [4.78, 5) is 26.9. The van der Waals surface area contributed by atoms with Gasteiger partial charge in [-0.3, -0.25) is 9.59 Å². The maximum Gasteiger partial charge on any atom is 0.252 e. The predicted molar refractivity (Wildman–Crippen MR) is 94.2 cm³/mol. The second-order valence-electron chi connectivity index (χ2n) is 6.20. The van der Waals surface area contributed by atoms with Crippen molar-refractivity contribution in [3.63, 3.8) is 0 Å². The van der Waals surface area contributed by atoms with Crippen LogP contribution >= 0.6 is 12.4 Å². The van der Waals surface area contributed by atoms with Crippen LogP contribution in [0.4, 0.5) is 0 Å². The Balaban J connectivity index is 0.00000192. The number of para-hydroxylation sites is 1. The third kappa shape index (κ3) is 3.92. The highest BCUT2D eigenvalue weighted by molar-refractivity contribution is 6.05. The molecule has 1 saturated carbocycles. The molecule has 1 fully saturated rings. The fourth-order valence-corrected chi connectivity index (χ4v) is 3.18. The fourth-order valence-electron chi connectivity index (χ4n) is 3.18. The number of hydrogen-bond donors (Lipinski definition) is 3. The fraction of sp³-hybridized carbons (Fsp3) is 0.412. The van der Waals surface area contributed by atoms with Gasteiger partial charge in [0.2, 0.25) is 5.56 Å². The lowest BCUT2D eigenvalue weighted by Crippen LogP contribution is -2.51. The Hall–Kier alpha value is -1.85. The number of pyridine rings is 1. The third-order valence-electron chi connectivity index (χ3n) is 4.45. The molecule has 1 heterocycles. The molecule has 124 valence electrons. The molecule has 6 heteroatoms. The van der Waals surface area contributed by atoms with Gasteiger partial charge in [0, 0.05) is 29.1 Å². The quantitative estimate of drug-likeness (QED) is 0.804. The van der Waals surface area contributed by atoms with Gasteiger partial charge in [-0.1, -0.05) is 37.5 Å². The summed E-state index contributed by atoms with van der Waals surface area (Å²) in [5, 5.41) is 3.66. The Morgan fingerprint density at radius 2 is 1.91 bits per heavy atom. The molecule has 1 aliphatic carbocycles. The number of fused-ring (bicyclic) bond motifs is 1. The Bertz CT molecular complexity index is 751. The summed E-state index contributed by atoms with van der Waals surface area (Å²) in [5.41, 5.74) is 6.83. The average Bonchev–Trinajstić information content (AvgIpc) is 2.52. The minimum absolute atomic E-state index is 0. The number of aromatic amines is 1. The number of hydrogen-bond acceptors (Lipinski definition) is 3. The number of carbonyl (C=O) groups is 1. The maximum atomic E-state index is 12.5. The molecule has 0 unspecified atom stereocenters. The molecule has 3 rings (SSSR count). The van der Waals surface area contributed by atoms with Crippen LogP contribution in [0.1, 0.15) is 42.5 Å². The van der Waals surface area contributed by atoms with Gasteiger partial charge in [0.1, 0.15) is 0 Å². The van der Waals surface area contributed by atoms with Crippen molar-refractivity contribution in [1.82, 2.24) is 10.3 Å². The molecule has 0 atom stereocenters. The number of amides is 1. The number of benzene rings is 1. The van der Waals surface area contributed by atoms with E-state index in [9.17, 15) is 9.59 Å². The van der Waals surface area contributed by atoms with Crippen molar-refractivity contribution in [3.05, 3.63) is 46.2 Å². The van der Waals surface area contributed by atoms with Crippen molar-refractivity contribution in [3.8, 4) is 0 Å². The normalized spacial score (nSPS) is 16.6. The van der Waals surface area contributed by atoms with Crippen molar-refractivity contribution in [2.45, 2.75) is 37.6 Å². The monoisotopic (exact) mass is 335 g/mol. The summed E-state index contributed by atoms with van der Waals surface area (Å²) in [6, 6.07) is 8.65. The lowest BCUT2D eigenvalue weighted by atomic mass is 9.82. The molecule has 0 bridgehead atoms. The Kier molecular flexibility index (Phi) is 5.44. The number of carbonyl (C=O) groups excluding carboxylic acids is 1. The molecular formula is C17H22ClN3O2. The molecule has 0 aliphatic heterocycles. The van der Waals surface area contributed by atoms with Gasteiger partial charge in [-0.15, -0.1) is 12.4 Å². The minimum atomic E-state index is -0.315. The molecule has 0 saturated heterocycles. The van der Waals surface area contributed by atoms with Crippen molar-refractivity contribution >= 4 is 29.2 Å². The van der Waals surface area contributed by atoms with Crippen molar-refractivity contribution in [2.75, 3.05) is 6.54 Å². The number of aromatic nitrogens is 1. The SMILES string of the molecule is Cl.NC1(CNC(=O)c2cc(=O)[nH]c3ccccc23)CCCCC1. The van der Waals surface area contributed by atoms with Gasteiger partial charge in [-0.2, -0.15) is 0 Å². The molecule has 0 radical (unpaired) electrons. The smallest absolute Gasteiger partial charge is 0.252 e. The molecule has 1 aliphatic rings. The number of rotatable bonds is 3. The van der Waals surface area contributed by atoms with E-state index < -0.39 is 0 Å². The molecule has 4 N–H and O–H groups in total. The Morgan fingerprint density at radius 3 is 2.65 bits per heavy atom. The Labute approximate surface area is 141 Å². The molecule has 1 aromatic heterocycles. The first-order valence-electron chi connectivity index (χ1n) is 7.77. The summed E-state index contributed by atoms with van der Waals surface area (Å²) in [6.07, 6.45) is 5.30. The second kappa shape index (κ2) is 7.15. The van der Waals surface area contributed by atoms with Crippen LogP contribution < -0.4 is 16.6 Å². The summed E-state index contributed by atoms with van der Waals surface area (Å²) < 4.78 is 0. The van der Waals surface area contributed by atoms with Crippen LogP contribution in [0.25, 0.3) is 10.9 Å². The first kappa shape index (κ1) is 17.5.